The van der Waals surface area contributed by atoms with Gasteiger partial charge in [0.2, 0.25) is 0 Å². The Labute approximate surface area is 105 Å². The average molecular weight is 241 g/mol. The molecule has 0 aromatic rings. The van der Waals surface area contributed by atoms with Crippen molar-refractivity contribution in [2.45, 2.75) is 71.3 Å². The van der Waals surface area contributed by atoms with Crippen LogP contribution in [0.3, 0.4) is 0 Å². The van der Waals surface area contributed by atoms with Crippen molar-refractivity contribution in [1.29, 1.82) is 0 Å². The zero-order valence-electron chi connectivity index (χ0n) is 11.6. The van der Waals surface area contributed by atoms with Crippen LogP contribution >= 0.6 is 0 Å². The summed E-state index contributed by atoms with van der Waals surface area (Å²) < 4.78 is 0. The molecule has 0 aliphatic rings. The van der Waals surface area contributed by atoms with Gasteiger partial charge < -0.3 is 5.32 Å². The zero-order valence-corrected chi connectivity index (χ0v) is 11.6. The number of carbonyl (C=O) groups excluding carboxylic acids is 2. The molecular weight excluding hydrogens is 214 g/mol. The minimum atomic E-state index is -0.275. The first kappa shape index (κ1) is 16.3. The van der Waals surface area contributed by atoms with E-state index in [1.807, 2.05) is 0 Å². The van der Waals surface area contributed by atoms with Gasteiger partial charge in [-0.05, 0) is 20.4 Å². The van der Waals surface area contributed by atoms with Gasteiger partial charge in [-0.2, -0.15) is 0 Å². The minimum absolute atomic E-state index is 0.0700. The van der Waals surface area contributed by atoms with Gasteiger partial charge in [0.05, 0.1) is 6.04 Å². The molecule has 0 fully saturated rings. The van der Waals surface area contributed by atoms with Gasteiger partial charge in [0.15, 0.2) is 0 Å². The van der Waals surface area contributed by atoms with Crippen molar-refractivity contribution in [3.05, 3.63) is 0 Å². The summed E-state index contributed by atoms with van der Waals surface area (Å²) in [5.74, 6) is 0.249. The molecule has 0 heterocycles. The molecule has 0 bridgehead atoms. The highest BCUT2D eigenvalue weighted by Crippen LogP contribution is 2.09. The molecule has 0 unspecified atom stereocenters. The molecule has 17 heavy (non-hydrogen) atoms. The number of unbranched alkanes of at least 4 members (excludes halogenated alkanes) is 5. The second-order valence-electron chi connectivity index (χ2n) is 4.73. The van der Waals surface area contributed by atoms with Gasteiger partial charge in [0.25, 0.3) is 0 Å². The number of carbonyl (C=O) groups is 2. The van der Waals surface area contributed by atoms with E-state index in [0.717, 1.165) is 12.8 Å². The molecule has 1 N–H and O–H groups in total. The van der Waals surface area contributed by atoms with Crippen LogP contribution in [0, 0.1) is 0 Å². The highest BCUT2D eigenvalue weighted by molar-refractivity contribution is 5.89. The van der Waals surface area contributed by atoms with Crippen LogP contribution in [0.1, 0.15) is 65.2 Å². The van der Waals surface area contributed by atoms with E-state index < -0.39 is 0 Å². The van der Waals surface area contributed by atoms with E-state index in [1.165, 1.54) is 32.6 Å². The number of ketones is 2. The fourth-order valence-electron chi connectivity index (χ4n) is 1.92. The third-order valence-corrected chi connectivity index (χ3v) is 3.01. The van der Waals surface area contributed by atoms with E-state index >= 15 is 0 Å². The molecule has 0 rings (SSSR count). The van der Waals surface area contributed by atoms with E-state index in [2.05, 4.69) is 12.2 Å². The second-order valence-corrected chi connectivity index (χ2v) is 4.73. The Morgan fingerprint density at radius 2 is 1.65 bits per heavy atom. The predicted octanol–water partition coefficient (Wildman–Crippen LogP) is 2.87. The first-order valence-electron chi connectivity index (χ1n) is 6.81. The van der Waals surface area contributed by atoms with Crippen molar-refractivity contribution in [3.8, 4) is 0 Å². The summed E-state index contributed by atoms with van der Waals surface area (Å²) in [6.07, 6.45) is 8.04. The Morgan fingerprint density at radius 3 is 2.18 bits per heavy atom. The van der Waals surface area contributed by atoms with Crippen LogP contribution in [0.25, 0.3) is 0 Å². The summed E-state index contributed by atoms with van der Waals surface area (Å²) in [5, 5.41) is 2.92. The third kappa shape index (κ3) is 9.04. The van der Waals surface area contributed by atoms with E-state index in [4.69, 9.17) is 0 Å². The maximum atomic E-state index is 11.8. The molecule has 0 aliphatic heterocycles. The molecule has 1 atom stereocenters. The van der Waals surface area contributed by atoms with Crippen LogP contribution in [0.15, 0.2) is 0 Å². The van der Waals surface area contributed by atoms with Crippen molar-refractivity contribution in [2.24, 2.45) is 0 Å². The third-order valence-electron chi connectivity index (χ3n) is 3.01. The topological polar surface area (TPSA) is 46.2 Å². The number of hydrogen-bond donors (Lipinski definition) is 1. The van der Waals surface area contributed by atoms with Crippen molar-refractivity contribution in [1.82, 2.24) is 5.32 Å². The van der Waals surface area contributed by atoms with Crippen LogP contribution in [0.5, 0.6) is 0 Å². The molecule has 3 nitrogen and oxygen atoms in total. The summed E-state index contributed by atoms with van der Waals surface area (Å²) in [6.45, 7) is 3.73. The number of Topliss-reactive ketones (excluding diaryl/α,β-unsaturated/α-hetero) is 2. The minimum Gasteiger partial charge on any atom is -0.310 e. The Bertz CT molecular complexity index is 226. The van der Waals surface area contributed by atoms with Crippen molar-refractivity contribution in [2.75, 3.05) is 7.05 Å². The maximum Gasteiger partial charge on any atom is 0.150 e. The lowest BCUT2D eigenvalue weighted by Gasteiger charge is -2.12. The largest absolute Gasteiger partial charge is 0.310 e. The molecule has 3 heteroatoms. The number of nitrogens with one attached hydrogen (secondary N) is 1. The molecule has 0 radical (unpaired) electrons. The standard InChI is InChI=1S/C14H27NO2/c1-4-5-6-7-8-9-10-14(17)13(15-3)11-12(2)16/h13,15H,4-11H2,1-3H3/t13-/m0/s1. The van der Waals surface area contributed by atoms with Crippen molar-refractivity contribution >= 4 is 11.6 Å². The van der Waals surface area contributed by atoms with Crippen LogP contribution < -0.4 is 5.32 Å². The van der Waals surface area contributed by atoms with E-state index in [-0.39, 0.29) is 17.6 Å². The smallest absolute Gasteiger partial charge is 0.150 e. The first-order chi connectivity index (χ1) is 8.11. The first-order valence-corrected chi connectivity index (χ1v) is 6.81. The van der Waals surface area contributed by atoms with Gasteiger partial charge in [0, 0.05) is 12.8 Å². The van der Waals surface area contributed by atoms with Gasteiger partial charge in [0.1, 0.15) is 11.6 Å². The van der Waals surface area contributed by atoms with Gasteiger partial charge >= 0.3 is 0 Å². The lowest BCUT2D eigenvalue weighted by molar-refractivity contribution is -0.125. The van der Waals surface area contributed by atoms with Gasteiger partial charge in [-0.25, -0.2) is 0 Å². The highest BCUT2D eigenvalue weighted by Gasteiger charge is 2.17. The predicted molar refractivity (Wildman–Crippen MR) is 71.1 cm³/mol. The van der Waals surface area contributed by atoms with Gasteiger partial charge in [-0.1, -0.05) is 39.0 Å². The molecule has 0 aromatic heterocycles. The summed E-state index contributed by atoms with van der Waals surface area (Å²) in [5.41, 5.74) is 0. The van der Waals surface area contributed by atoms with Crippen LogP contribution in [0.4, 0.5) is 0 Å². The number of hydrogen-bond acceptors (Lipinski definition) is 3. The second kappa shape index (κ2) is 10.5. The Kier molecular flexibility index (Phi) is 10.0. The average Bonchev–Trinajstić information content (AvgIpc) is 2.30. The van der Waals surface area contributed by atoms with E-state index in [9.17, 15) is 9.59 Å². The van der Waals surface area contributed by atoms with E-state index in [0.29, 0.717) is 12.8 Å². The number of likely N-dealkylation sites (N-methyl/N-ethyl adjacent to an activating group) is 1. The Morgan fingerprint density at radius 1 is 1.06 bits per heavy atom. The summed E-state index contributed by atoms with van der Waals surface area (Å²) >= 11 is 0. The molecule has 0 saturated heterocycles. The molecule has 0 saturated carbocycles. The molecule has 100 valence electrons. The SMILES string of the molecule is CCCCCCCCC(=O)[C@H](CC(C)=O)NC. The summed E-state index contributed by atoms with van der Waals surface area (Å²) in [4.78, 5) is 22.8. The fourth-order valence-corrected chi connectivity index (χ4v) is 1.92. The lowest BCUT2D eigenvalue weighted by atomic mass is 10.0. The van der Waals surface area contributed by atoms with Gasteiger partial charge in [-0.15, -0.1) is 0 Å². The quantitative estimate of drug-likeness (QED) is 0.566. The summed E-state index contributed by atoms with van der Waals surface area (Å²) in [7, 11) is 1.74. The molecule has 0 spiro atoms. The van der Waals surface area contributed by atoms with Crippen LogP contribution in [-0.4, -0.2) is 24.7 Å². The lowest BCUT2D eigenvalue weighted by Crippen LogP contribution is -2.35. The van der Waals surface area contributed by atoms with Crippen LogP contribution in [0.2, 0.25) is 0 Å². The normalized spacial score (nSPS) is 12.4. The maximum absolute atomic E-state index is 11.8. The van der Waals surface area contributed by atoms with Crippen molar-refractivity contribution < 1.29 is 9.59 Å². The highest BCUT2D eigenvalue weighted by atomic mass is 16.1. The number of rotatable bonds is 11. The Balaban J connectivity index is 3.64. The van der Waals surface area contributed by atoms with Crippen molar-refractivity contribution in [3.63, 3.8) is 0 Å². The summed E-state index contributed by atoms with van der Waals surface area (Å²) in [6, 6.07) is -0.275. The molecular formula is C14H27NO2. The van der Waals surface area contributed by atoms with Gasteiger partial charge in [-0.3, -0.25) is 9.59 Å². The van der Waals surface area contributed by atoms with E-state index in [1.54, 1.807) is 7.05 Å². The molecule has 0 aliphatic carbocycles. The van der Waals surface area contributed by atoms with Crippen LogP contribution in [-0.2, 0) is 9.59 Å². The molecule has 0 aromatic carbocycles. The zero-order chi connectivity index (χ0) is 13.1. The molecule has 0 amide bonds. The fraction of sp³-hybridized carbons (Fsp3) is 0.857. The Hall–Kier alpha value is -0.700. The monoisotopic (exact) mass is 241 g/mol.